The molecule has 4 nitrogen and oxygen atoms in total. The number of carboxylic acids is 1. The third-order valence-corrected chi connectivity index (χ3v) is 3.08. The predicted molar refractivity (Wildman–Crippen MR) is 78.6 cm³/mol. The molecule has 1 aromatic heterocycles. The monoisotopic (exact) mass is 360 g/mol. The third kappa shape index (κ3) is 3.59. The number of nitrogens with one attached hydrogen (secondary N) is 1. The van der Waals surface area contributed by atoms with Gasteiger partial charge in [-0.2, -0.15) is 0 Å². The van der Waals surface area contributed by atoms with E-state index in [1.807, 2.05) is 0 Å². The molecule has 0 radical (unpaired) electrons. The number of halogens is 3. The number of nitrogens with zero attached hydrogens (tertiary/aromatic N) is 1. The molecule has 98 valence electrons. The maximum atomic E-state index is 11.1. The molecule has 0 amide bonds. The van der Waals surface area contributed by atoms with Crippen LogP contribution in [-0.2, 0) is 0 Å². The highest BCUT2D eigenvalue weighted by Crippen LogP contribution is 2.26. The second-order valence-corrected chi connectivity index (χ2v) is 5.43. The Morgan fingerprint density at radius 1 is 1.21 bits per heavy atom. The molecule has 0 bridgehead atoms. The van der Waals surface area contributed by atoms with Crippen molar-refractivity contribution in [3.63, 3.8) is 0 Å². The van der Waals surface area contributed by atoms with Gasteiger partial charge in [0.25, 0.3) is 0 Å². The van der Waals surface area contributed by atoms with E-state index in [9.17, 15) is 4.79 Å². The summed E-state index contributed by atoms with van der Waals surface area (Å²) in [6, 6.07) is 6.30. The van der Waals surface area contributed by atoms with Gasteiger partial charge >= 0.3 is 5.97 Å². The first-order valence-corrected chi connectivity index (χ1v) is 6.62. The van der Waals surface area contributed by atoms with E-state index in [2.05, 4.69) is 26.2 Å². The van der Waals surface area contributed by atoms with Gasteiger partial charge in [0, 0.05) is 26.4 Å². The molecule has 0 aliphatic carbocycles. The van der Waals surface area contributed by atoms with Gasteiger partial charge in [0.1, 0.15) is 11.4 Å². The van der Waals surface area contributed by atoms with Crippen LogP contribution in [0.5, 0.6) is 0 Å². The molecule has 1 aromatic carbocycles. The van der Waals surface area contributed by atoms with Crippen molar-refractivity contribution in [3.8, 4) is 0 Å². The molecular weight excluding hydrogens is 355 g/mol. The Kier molecular flexibility index (Phi) is 4.29. The molecule has 19 heavy (non-hydrogen) atoms. The Morgan fingerprint density at radius 3 is 2.42 bits per heavy atom. The lowest BCUT2D eigenvalue weighted by atomic mass is 10.2. The quantitative estimate of drug-likeness (QED) is 0.839. The number of hydrogen-bond acceptors (Lipinski definition) is 3. The van der Waals surface area contributed by atoms with Gasteiger partial charge in [-0.25, -0.2) is 9.78 Å². The van der Waals surface area contributed by atoms with Crippen LogP contribution in [0, 0.1) is 0 Å². The number of aromatic carboxylic acids is 1. The smallest absolute Gasteiger partial charge is 0.339 e. The van der Waals surface area contributed by atoms with Crippen LogP contribution in [-0.4, -0.2) is 16.1 Å². The number of carbonyl (C=O) groups is 1. The number of aromatic nitrogens is 1. The summed E-state index contributed by atoms with van der Waals surface area (Å²) in [4.78, 5) is 15.2. The second-order valence-electron chi connectivity index (χ2n) is 3.64. The first kappa shape index (κ1) is 14.1. The van der Waals surface area contributed by atoms with Crippen LogP contribution in [0.1, 0.15) is 10.4 Å². The van der Waals surface area contributed by atoms with E-state index in [1.54, 1.807) is 18.2 Å². The fraction of sp³-hybridized carbons (Fsp3) is 0. The number of carboxylic acid groups (broad SMARTS) is 1. The molecule has 2 rings (SSSR count). The molecule has 0 atom stereocenters. The molecule has 2 N–H and O–H groups in total. The van der Waals surface area contributed by atoms with Crippen molar-refractivity contribution in [2.75, 3.05) is 5.32 Å². The minimum atomic E-state index is -1.08. The van der Waals surface area contributed by atoms with Crippen LogP contribution in [0.3, 0.4) is 0 Å². The number of pyridine rings is 1. The second kappa shape index (κ2) is 5.77. The maximum Gasteiger partial charge on any atom is 0.339 e. The lowest BCUT2D eigenvalue weighted by Crippen LogP contribution is -2.04. The third-order valence-electron chi connectivity index (χ3n) is 2.21. The summed E-state index contributed by atoms with van der Waals surface area (Å²) in [5, 5.41) is 12.9. The summed E-state index contributed by atoms with van der Waals surface area (Å²) in [5.41, 5.74) is 0.611. The summed E-state index contributed by atoms with van der Waals surface area (Å²) in [7, 11) is 0. The van der Waals surface area contributed by atoms with E-state index in [0.717, 1.165) is 0 Å². The van der Waals surface area contributed by atoms with Gasteiger partial charge in [-0.1, -0.05) is 23.2 Å². The average Bonchev–Trinajstić information content (AvgIpc) is 2.30. The number of hydrogen-bond donors (Lipinski definition) is 2. The van der Waals surface area contributed by atoms with Gasteiger partial charge in [-0.05, 0) is 40.2 Å². The SMILES string of the molecule is O=C(O)c1cc(Br)cnc1Nc1cc(Cl)cc(Cl)c1. The van der Waals surface area contributed by atoms with E-state index < -0.39 is 5.97 Å². The van der Waals surface area contributed by atoms with Crippen LogP contribution in [0.25, 0.3) is 0 Å². The maximum absolute atomic E-state index is 11.1. The Morgan fingerprint density at radius 2 is 1.84 bits per heavy atom. The standard InChI is InChI=1S/C12H7BrCl2N2O2/c13-6-1-10(12(18)19)11(16-5-6)17-9-3-7(14)2-8(15)4-9/h1-5H,(H,16,17)(H,18,19). The summed E-state index contributed by atoms with van der Waals surface area (Å²) in [6.45, 7) is 0. The van der Waals surface area contributed by atoms with Crippen LogP contribution < -0.4 is 5.32 Å². The van der Waals surface area contributed by atoms with Gasteiger partial charge in [0.15, 0.2) is 0 Å². The van der Waals surface area contributed by atoms with E-state index >= 15 is 0 Å². The summed E-state index contributed by atoms with van der Waals surface area (Å²) < 4.78 is 0.583. The Balaban J connectivity index is 2.40. The minimum Gasteiger partial charge on any atom is -0.478 e. The zero-order valence-corrected chi connectivity index (χ0v) is 12.4. The number of anilines is 2. The fourth-order valence-electron chi connectivity index (χ4n) is 1.46. The van der Waals surface area contributed by atoms with Crippen LogP contribution in [0.2, 0.25) is 10.0 Å². The zero-order chi connectivity index (χ0) is 14.0. The van der Waals surface area contributed by atoms with Crippen LogP contribution in [0.15, 0.2) is 34.9 Å². The highest BCUT2D eigenvalue weighted by Gasteiger charge is 2.12. The van der Waals surface area contributed by atoms with Gasteiger partial charge in [0.2, 0.25) is 0 Å². The largest absolute Gasteiger partial charge is 0.478 e. The summed E-state index contributed by atoms with van der Waals surface area (Å²) in [6.07, 6.45) is 1.50. The molecule has 0 aliphatic heterocycles. The Labute approximate surface area is 127 Å². The molecule has 0 fully saturated rings. The van der Waals surface area contributed by atoms with E-state index in [-0.39, 0.29) is 11.4 Å². The Hall–Kier alpha value is -1.30. The van der Waals surface area contributed by atoms with Gasteiger partial charge in [-0.15, -0.1) is 0 Å². The molecule has 0 spiro atoms. The van der Waals surface area contributed by atoms with Crippen molar-refractivity contribution in [1.29, 1.82) is 0 Å². The molecule has 2 aromatic rings. The molecule has 0 saturated heterocycles. The van der Waals surface area contributed by atoms with Crippen molar-refractivity contribution >= 4 is 56.6 Å². The van der Waals surface area contributed by atoms with Crippen molar-refractivity contribution in [1.82, 2.24) is 4.98 Å². The molecule has 0 aliphatic rings. The molecule has 0 saturated carbocycles. The average molecular weight is 362 g/mol. The minimum absolute atomic E-state index is 0.0467. The van der Waals surface area contributed by atoms with E-state index in [0.29, 0.717) is 20.2 Å². The van der Waals surface area contributed by atoms with Gasteiger partial charge in [-0.3, -0.25) is 0 Å². The molecular formula is C12H7BrCl2N2O2. The van der Waals surface area contributed by atoms with Crippen molar-refractivity contribution in [3.05, 3.63) is 50.5 Å². The van der Waals surface area contributed by atoms with Crippen LogP contribution >= 0.6 is 39.1 Å². The van der Waals surface area contributed by atoms with Crippen LogP contribution in [0.4, 0.5) is 11.5 Å². The van der Waals surface area contributed by atoms with Gasteiger partial charge < -0.3 is 10.4 Å². The molecule has 1 heterocycles. The lowest BCUT2D eigenvalue weighted by molar-refractivity contribution is 0.0697. The van der Waals surface area contributed by atoms with Gasteiger partial charge in [0.05, 0.1) is 0 Å². The molecule has 0 unspecified atom stereocenters. The predicted octanol–water partition coefficient (Wildman–Crippen LogP) is 4.59. The van der Waals surface area contributed by atoms with Crippen molar-refractivity contribution in [2.24, 2.45) is 0 Å². The van der Waals surface area contributed by atoms with Crippen molar-refractivity contribution < 1.29 is 9.90 Å². The zero-order valence-electron chi connectivity index (χ0n) is 9.32. The summed E-state index contributed by atoms with van der Waals surface area (Å²) in [5.74, 6) is -0.863. The summed E-state index contributed by atoms with van der Waals surface area (Å²) >= 11 is 14.9. The Bertz CT molecular complexity index is 629. The lowest BCUT2D eigenvalue weighted by Gasteiger charge is -2.09. The highest BCUT2D eigenvalue weighted by atomic mass is 79.9. The number of benzene rings is 1. The topological polar surface area (TPSA) is 62.2 Å². The van der Waals surface area contributed by atoms with Crippen molar-refractivity contribution in [2.45, 2.75) is 0 Å². The van der Waals surface area contributed by atoms with E-state index in [4.69, 9.17) is 28.3 Å². The first-order chi connectivity index (χ1) is 8.95. The number of rotatable bonds is 3. The normalized spacial score (nSPS) is 10.3. The highest BCUT2D eigenvalue weighted by molar-refractivity contribution is 9.10. The molecule has 7 heteroatoms. The first-order valence-electron chi connectivity index (χ1n) is 5.07. The fourth-order valence-corrected chi connectivity index (χ4v) is 2.32. The van der Waals surface area contributed by atoms with E-state index in [1.165, 1.54) is 12.3 Å².